The smallest absolute Gasteiger partial charge is 0.243 e. The van der Waals surface area contributed by atoms with Crippen LogP contribution in [0.3, 0.4) is 0 Å². The quantitative estimate of drug-likeness (QED) is 0.119. The molecule has 7 aromatic rings. The average Bonchev–Trinajstić information content (AvgIpc) is 4.11. The monoisotopic (exact) mass is 884 g/mol. The Morgan fingerprint density at radius 2 is 1.62 bits per heavy atom. The number of aromatic nitrogens is 6. The van der Waals surface area contributed by atoms with Crippen LogP contribution in [0.2, 0.25) is 0 Å². The normalized spacial score (nSPS) is 17.7. The molecule has 2 aliphatic heterocycles. The van der Waals surface area contributed by atoms with Crippen LogP contribution in [0.15, 0.2) is 83.1 Å². The van der Waals surface area contributed by atoms with Gasteiger partial charge in [-0.1, -0.05) is 55.4 Å². The number of likely N-dealkylation sites (tertiary alicyclic amines) is 1. The fourth-order valence-electron chi connectivity index (χ4n) is 8.54. The van der Waals surface area contributed by atoms with E-state index in [4.69, 9.17) is 14.5 Å². The molecule has 0 aliphatic carbocycles. The van der Waals surface area contributed by atoms with E-state index in [-0.39, 0.29) is 42.5 Å². The number of hydrogen-bond donors (Lipinski definition) is 3. The van der Waals surface area contributed by atoms with Gasteiger partial charge in [0.15, 0.2) is 11.6 Å². The number of carbonyl (C=O) groups excluding carboxylic acids is 2. The lowest BCUT2D eigenvalue weighted by molar-refractivity contribution is -0.141. The fraction of sp³-hybridized carbons (Fsp3) is 0.348. The van der Waals surface area contributed by atoms with Gasteiger partial charge in [-0.15, -0.1) is 32.9 Å². The number of benzene rings is 2. The maximum Gasteiger partial charge on any atom is 0.243 e. The highest BCUT2D eigenvalue weighted by molar-refractivity contribution is 7.22. The van der Waals surface area contributed by atoms with Crippen LogP contribution in [0.5, 0.6) is 5.75 Å². The van der Waals surface area contributed by atoms with Crippen LogP contribution in [-0.4, -0.2) is 102 Å². The van der Waals surface area contributed by atoms with Crippen LogP contribution in [0.25, 0.3) is 42.4 Å². The Morgan fingerprint density at radius 3 is 2.32 bits per heavy atom. The van der Waals surface area contributed by atoms with Crippen LogP contribution in [0, 0.1) is 19.8 Å². The number of fused-ring (bicyclic) bond motifs is 1. The summed E-state index contributed by atoms with van der Waals surface area (Å²) in [6.07, 6.45) is 3.01. The lowest BCUT2D eigenvalue weighted by Gasteiger charge is -2.34. The Labute approximate surface area is 372 Å². The molecule has 0 spiro atoms. The van der Waals surface area contributed by atoms with Crippen LogP contribution in [0.1, 0.15) is 61.7 Å². The molecule has 3 N–H and O–H groups in total. The minimum Gasteiger partial charge on any atom is -0.507 e. The number of nitrogens with zero attached hydrogens (tertiary/aromatic N) is 9. The Morgan fingerprint density at radius 1 is 0.889 bits per heavy atom. The number of phenolic OH excluding ortho intramolecular Hbond substituents is 1. The molecule has 2 unspecified atom stereocenters. The van der Waals surface area contributed by atoms with E-state index in [0.29, 0.717) is 55.0 Å². The number of piperazine rings is 1. The SMILES string of the molecule is Cc1ncsc1-c1ccc(C(C)NC(=O)[C@@H]2C[C@@H](O)CN2C(=O)C(c2cc(N3CCN(c4ncc(-c5sc6nnc(-c7ccccc7O)cc6c5C)cn4)CC3)no2)C(C)C)cc1. The van der Waals surface area contributed by atoms with Crippen molar-refractivity contribution in [2.75, 3.05) is 42.5 Å². The number of nitrogens with one attached hydrogen (secondary N) is 1. The van der Waals surface area contributed by atoms with E-state index in [1.54, 1.807) is 23.5 Å². The second-order valence-corrected chi connectivity index (χ2v) is 18.4. The van der Waals surface area contributed by atoms with Gasteiger partial charge in [0.25, 0.3) is 0 Å². The number of phenols is 1. The summed E-state index contributed by atoms with van der Waals surface area (Å²) < 4.78 is 5.88. The van der Waals surface area contributed by atoms with Gasteiger partial charge in [-0.05, 0) is 61.6 Å². The van der Waals surface area contributed by atoms with E-state index >= 15 is 0 Å². The lowest BCUT2D eigenvalue weighted by atomic mass is 9.91. The predicted octanol–water partition coefficient (Wildman–Crippen LogP) is 7.15. The van der Waals surface area contributed by atoms with Crippen LogP contribution in [-0.2, 0) is 9.59 Å². The molecule has 17 heteroatoms. The third-order valence-corrected chi connectivity index (χ3v) is 14.3. The molecule has 63 heavy (non-hydrogen) atoms. The molecule has 2 saturated heterocycles. The summed E-state index contributed by atoms with van der Waals surface area (Å²) >= 11 is 3.13. The molecule has 2 aliphatic rings. The number of β-amino-alcohol motifs (C(OH)–C–C–N with tert-alkyl or cyclic N) is 1. The van der Waals surface area contributed by atoms with Gasteiger partial charge < -0.3 is 34.8 Å². The number of thiazole rings is 1. The van der Waals surface area contributed by atoms with Crippen molar-refractivity contribution in [3.05, 3.63) is 101 Å². The number of aryl methyl sites for hydroxylation is 2. The molecule has 15 nitrogen and oxygen atoms in total. The maximum absolute atomic E-state index is 14.3. The highest BCUT2D eigenvalue weighted by atomic mass is 32.1. The first-order chi connectivity index (χ1) is 30.4. The van der Waals surface area contributed by atoms with E-state index in [0.717, 1.165) is 47.9 Å². The molecule has 9 rings (SSSR count). The molecule has 324 valence electrons. The molecule has 7 heterocycles. The number of aliphatic hydroxyl groups is 1. The molecule has 0 radical (unpaired) electrons. The number of amides is 2. The van der Waals surface area contributed by atoms with Crippen molar-refractivity contribution < 1.29 is 24.3 Å². The van der Waals surface area contributed by atoms with E-state index in [9.17, 15) is 19.8 Å². The number of carbonyl (C=O) groups is 2. The van der Waals surface area contributed by atoms with Crippen molar-refractivity contribution in [1.82, 2.24) is 40.5 Å². The summed E-state index contributed by atoms with van der Waals surface area (Å²) in [5.41, 5.74) is 7.99. The van der Waals surface area contributed by atoms with Gasteiger partial charge >= 0.3 is 0 Å². The van der Waals surface area contributed by atoms with Gasteiger partial charge in [0, 0.05) is 79.0 Å². The van der Waals surface area contributed by atoms with Gasteiger partial charge in [-0.2, -0.15) is 0 Å². The second-order valence-electron chi connectivity index (χ2n) is 16.6. The summed E-state index contributed by atoms with van der Waals surface area (Å²) in [5, 5.41) is 38.4. The van der Waals surface area contributed by atoms with Crippen molar-refractivity contribution in [1.29, 1.82) is 0 Å². The van der Waals surface area contributed by atoms with E-state index in [2.05, 4.69) is 35.5 Å². The second kappa shape index (κ2) is 17.5. The van der Waals surface area contributed by atoms with E-state index < -0.39 is 18.1 Å². The zero-order valence-electron chi connectivity index (χ0n) is 35.6. The first-order valence-electron chi connectivity index (χ1n) is 21.1. The van der Waals surface area contributed by atoms with Crippen molar-refractivity contribution in [3.63, 3.8) is 0 Å². The number of thiophene rings is 1. The topological polar surface area (TPSA) is 187 Å². The third-order valence-electron chi connectivity index (χ3n) is 12.1. The average molecular weight is 885 g/mol. The van der Waals surface area contributed by atoms with Gasteiger partial charge in [-0.25, -0.2) is 15.0 Å². The highest BCUT2D eigenvalue weighted by Gasteiger charge is 2.43. The van der Waals surface area contributed by atoms with Gasteiger partial charge in [0.05, 0.1) is 33.9 Å². The lowest BCUT2D eigenvalue weighted by Crippen LogP contribution is -2.48. The largest absolute Gasteiger partial charge is 0.507 e. The summed E-state index contributed by atoms with van der Waals surface area (Å²) in [4.78, 5) is 50.6. The Kier molecular flexibility index (Phi) is 11.6. The zero-order valence-corrected chi connectivity index (χ0v) is 37.2. The van der Waals surface area contributed by atoms with Gasteiger partial charge in [0.1, 0.15) is 22.5 Å². The molecule has 0 saturated carbocycles. The molecule has 0 bridgehead atoms. The van der Waals surface area contributed by atoms with Gasteiger partial charge in [0.2, 0.25) is 17.8 Å². The first-order valence-corrected chi connectivity index (χ1v) is 22.8. The minimum atomic E-state index is -0.824. The van der Waals surface area contributed by atoms with E-state index in [1.165, 1.54) is 16.2 Å². The van der Waals surface area contributed by atoms with Gasteiger partial charge in [-0.3, -0.25) is 9.59 Å². The molecular formula is C46H48N10O5S2. The number of rotatable bonds is 11. The molecule has 2 fully saturated rings. The molecule has 2 amide bonds. The Balaban J connectivity index is 0.825. The van der Waals surface area contributed by atoms with E-state index in [1.807, 2.05) is 101 Å². The third kappa shape index (κ3) is 8.35. The first kappa shape index (κ1) is 42.0. The van der Waals surface area contributed by atoms with Crippen molar-refractivity contribution in [2.45, 2.75) is 65.1 Å². The van der Waals surface area contributed by atoms with Crippen LogP contribution in [0.4, 0.5) is 11.8 Å². The van der Waals surface area contributed by atoms with Crippen LogP contribution >= 0.6 is 22.7 Å². The summed E-state index contributed by atoms with van der Waals surface area (Å²) in [6.45, 7) is 12.5. The number of anilines is 2. The van der Waals surface area contributed by atoms with Crippen LogP contribution < -0.4 is 15.1 Å². The molecule has 4 atom stereocenters. The Bertz CT molecular complexity index is 2760. The highest BCUT2D eigenvalue weighted by Crippen LogP contribution is 2.39. The summed E-state index contributed by atoms with van der Waals surface area (Å²) in [5.74, 6) is 0.401. The Hall–Kier alpha value is -6.30. The zero-order chi connectivity index (χ0) is 43.9. The molecule has 2 aromatic carbocycles. The van der Waals surface area contributed by atoms with Crippen molar-refractivity contribution in [3.8, 4) is 37.9 Å². The van der Waals surface area contributed by atoms with Crippen molar-refractivity contribution in [2.24, 2.45) is 5.92 Å². The minimum absolute atomic E-state index is 0.0590. The molecular weight excluding hydrogens is 837 g/mol. The maximum atomic E-state index is 14.3. The number of aliphatic hydroxyl groups excluding tert-OH is 1. The molecule has 5 aromatic heterocycles. The standard InChI is InChI=1S/C46H48N10O5S2/c1-25(2)40(45(60)56-23-32(57)18-36(56)43(59)50-27(4)29-10-12-30(13-11-29)42-28(5)49-24-62-42)38-20-39(53-61-38)54-14-16-55(17-15-54)46-47-21-31(22-48-46)41-26(3)34-19-35(51-52-44(34)63-41)33-8-6-7-9-37(33)58/h6-13,19-22,24-25,27,32,36,40,57-58H,14-18,23H2,1-5H3,(H,50,59)/t27?,32-,36+,40?/m1/s1. The number of aromatic hydroxyl groups is 1. The number of hydrogen-bond acceptors (Lipinski definition) is 15. The predicted molar refractivity (Wildman–Crippen MR) is 244 cm³/mol. The fourth-order valence-corrected chi connectivity index (χ4v) is 10.4. The summed E-state index contributed by atoms with van der Waals surface area (Å²) in [6, 6.07) is 17.8. The summed E-state index contributed by atoms with van der Waals surface area (Å²) in [7, 11) is 0. The number of para-hydroxylation sites is 1. The van der Waals surface area contributed by atoms with Crippen molar-refractivity contribution >= 4 is 56.5 Å².